The number of carbonyl (C=O) groups is 1. The van der Waals surface area contributed by atoms with Crippen molar-refractivity contribution in [2.75, 3.05) is 18.5 Å². The third-order valence-corrected chi connectivity index (χ3v) is 4.03. The van der Waals surface area contributed by atoms with E-state index in [2.05, 4.69) is 5.32 Å². The third-order valence-electron chi connectivity index (χ3n) is 2.66. The van der Waals surface area contributed by atoms with E-state index in [9.17, 15) is 13.4 Å². The third kappa shape index (κ3) is 4.10. The first-order chi connectivity index (χ1) is 8.41. The van der Waals surface area contributed by atoms with Crippen LogP contribution in [0.1, 0.15) is 23.7 Å². The zero-order valence-electron chi connectivity index (χ0n) is 10.4. The normalized spacial score (nSPS) is 13.9. The molecule has 2 atom stereocenters. The lowest BCUT2D eigenvalue weighted by atomic mass is 10.2. The molecule has 0 radical (unpaired) electrons. The average Bonchev–Trinajstić information content (AvgIpc) is 2.32. The van der Waals surface area contributed by atoms with Crippen LogP contribution in [-0.2, 0) is 10.8 Å². The highest BCUT2D eigenvalue weighted by atomic mass is 32.2. The summed E-state index contributed by atoms with van der Waals surface area (Å²) >= 11 is 0. The fourth-order valence-corrected chi connectivity index (χ4v) is 1.79. The molecule has 0 fully saturated rings. The van der Waals surface area contributed by atoms with Crippen molar-refractivity contribution in [3.8, 4) is 0 Å². The summed E-state index contributed by atoms with van der Waals surface area (Å²) in [7, 11) is -0.897. The van der Waals surface area contributed by atoms with E-state index in [1.54, 1.807) is 6.26 Å². The van der Waals surface area contributed by atoms with Crippen LogP contribution in [0.2, 0.25) is 0 Å². The van der Waals surface area contributed by atoms with E-state index in [-0.39, 0.29) is 16.8 Å². The van der Waals surface area contributed by atoms with Crippen LogP contribution in [-0.4, -0.2) is 28.2 Å². The van der Waals surface area contributed by atoms with Crippen molar-refractivity contribution in [3.05, 3.63) is 29.6 Å². The summed E-state index contributed by atoms with van der Waals surface area (Å²) in [5.41, 5.74) is 5.65. The van der Waals surface area contributed by atoms with Crippen LogP contribution in [0.3, 0.4) is 0 Å². The van der Waals surface area contributed by atoms with Gasteiger partial charge in [-0.1, -0.05) is 6.92 Å². The molecule has 0 saturated carbocycles. The molecule has 1 rings (SSSR count). The number of nitrogens with two attached hydrogens (primary N) is 1. The van der Waals surface area contributed by atoms with Gasteiger partial charge in [-0.3, -0.25) is 9.00 Å². The molecule has 1 aromatic carbocycles. The smallest absolute Gasteiger partial charge is 0.251 e. The molecule has 0 bridgehead atoms. The maximum Gasteiger partial charge on any atom is 0.251 e. The number of hydrogen-bond acceptors (Lipinski definition) is 3. The molecule has 0 aliphatic carbocycles. The Hall–Kier alpha value is -1.43. The number of nitrogen functional groups attached to an aromatic ring is 1. The van der Waals surface area contributed by atoms with E-state index in [0.717, 1.165) is 6.07 Å². The van der Waals surface area contributed by atoms with Crippen LogP contribution in [0, 0.1) is 5.82 Å². The van der Waals surface area contributed by atoms with Crippen LogP contribution in [0.5, 0.6) is 0 Å². The fraction of sp³-hybridized carbons (Fsp3) is 0.417. The molecule has 0 aromatic heterocycles. The molecule has 6 heteroatoms. The monoisotopic (exact) mass is 272 g/mol. The van der Waals surface area contributed by atoms with Crippen molar-refractivity contribution in [1.29, 1.82) is 0 Å². The molecule has 4 nitrogen and oxygen atoms in total. The van der Waals surface area contributed by atoms with Crippen molar-refractivity contribution in [2.24, 2.45) is 0 Å². The lowest BCUT2D eigenvalue weighted by molar-refractivity contribution is 0.0953. The van der Waals surface area contributed by atoms with Gasteiger partial charge in [-0.15, -0.1) is 0 Å². The first-order valence-corrected chi connectivity index (χ1v) is 7.19. The van der Waals surface area contributed by atoms with Crippen LogP contribution >= 0.6 is 0 Å². The molecule has 1 amide bonds. The summed E-state index contributed by atoms with van der Waals surface area (Å²) in [6.45, 7) is 2.29. The highest BCUT2D eigenvalue weighted by molar-refractivity contribution is 7.84. The average molecular weight is 272 g/mol. The van der Waals surface area contributed by atoms with Crippen molar-refractivity contribution < 1.29 is 13.4 Å². The molecule has 100 valence electrons. The standard InChI is InChI=1S/C12H17FN2O2S/c1-8(18(2)17)5-6-15-12(16)9-3-4-10(13)11(14)7-9/h3-4,7-8H,5-6,14H2,1-2H3,(H,15,16). The molecule has 18 heavy (non-hydrogen) atoms. The molecule has 0 saturated heterocycles. The Morgan fingerprint density at radius 1 is 1.56 bits per heavy atom. The van der Waals surface area contributed by atoms with Gasteiger partial charge in [0.15, 0.2) is 0 Å². The Labute approximate surface area is 108 Å². The summed E-state index contributed by atoms with van der Waals surface area (Å²) < 4.78 is 24.0. The zero-order chi connectivity index (χ0) is 13.7. The van der Waals surface area contributed by atoms with Gasteiger partial charge >= 0.3 is 0 Å². The van der Waals surface area contributed by atoms with Crippen LogP contribution in [0.4, 0.5) is 10.1 Å². The SMILES string of the molecule is CC(CCNC(=O)c1ccc(F)c(N)c1)S(C)=O. The van der Waals surface area contributed by atoms with E-state index >= 15 is 0 Å². The maximum absolute atomic E-state index is 12.9. The first kappa shape index (κ1) is 14.6. The molecular formula is C12H17FN2O2S. The molecular weight excluding hydrogens is 255 g/mol. The number of rotatable bonds is 5. The zero-order valence-corrected chi connectivity index (χ0v) is 11.2. The van der Waals surface area contributed by atoms with E-state index < -0.39 is 16.6 Å². The predicted molar refractivity (Wildman–Crippen MR) is 71.3 cm³/mol. The van der Waals surface area contributed by atoms with Gasteiger partial charge in [-0.25, -0.2) is 4.39 Å². The van der Waals surface area contributed by atoms with Gasteiger partial charge in [0.2, 0.25) is 0 Å². The van der Waals surface area contributed by atoms with Crippen molar-refractivity contribution >= 4 is 22.4 Å². The quantitative estimate of drug-likeness (QED) is 0.793. The number of anilines is 1. The van der Waals surface area contributed by atoms with Gasteiger partial charge < -0.3 is 11.1 Å². The summed E-state index contributed by atoms with van der Waals surface area (Å²) in [5.74, 6) is -0.850. The topological polar surface area (TPSA) is 72.2 Å². The van der Waals surface area contributed by atoms with Crippen molar-refractivity contribution in [2.45, 2.75) is 18.6 Å². The summed E-state index contributed by atoms with van der Waals surface area (Å²) in [6, 6.07) is 3.84. The van der Waals surface area contributed by atoms with Gasteiger partial charge in [0.1, 0.15) is 5.82 Å². The second-order valence-electron chi connectivity index (χ2n) is 4.09. The van der Waals surface area contributed by atoms with E-state index in [1.165, 1.54) is 12.1 Å². The summed E-state index contributed by atoms with van der Waals surface area (Å²) in [4.78, 5) is 11.7. The molecule has 0 aliphatic rings. The van der Waals surface area contributed by atoms with Crippen LogP contribution in [0.15, 0.2) is 18.2 Å². The van der Waals surface area contributed by atoms with Crippen molar-refractivity contribution in [3.63, 3.8) is 0 Å². The fourth-order valence-electron chi connectivity index (χ4n) is 1.34. The number of nitrogens with one attached hydrogen (secondary N) is 1. The van der Waals surface area contributed by atoms with Gasteiger partial charge in [0.05, 0.1) is 5.69 Å². The minimum Gasteiger partial charge on any atom is -0.396 e. The second kappa shape index (κ2) is 6.49. The van der Waals surface area contributed by atoms with Crippen LogP contribution < -0.4 is 11.1 Å². The predicted octanol–water partition coefficient (Wildman–Crippen LogP) is 1.29. The van der Waals surface area contributed by atoms with E-state index in [1.807, 2.05) is 6.92 Å². The molecule has 0 heterocycles. The largest absolute Gasteiger partial charge is 0.396 e. The number of amides is 1. The number of carbonyl (C=O) groups excluding carboxylic acids is 1. The van der Waals surface area contributed by atoms with Crippen molar-refractivity contribution in [1.82, 2.24) is 5.32 Å². The first-order valence-electron chi connectivity index (χ1n) is 5.57. The minimum absolute atomic E-state index is 0.0311. The Morgan fingerprint density at radius 3 is 2.78 bits per heavy atom. The maximum atomic E-state index is 12.9. The lowest BCUT2D eigenvalue weighted by Gasteiger charge is -2.09. The van der Waals surface area contributed by atoms with Gasteiger partial charge in [-0.2, -0.15) is 0 Å². The van der Waals surface area contributed by atoms with Gasteiger partial charge in [0.25, 0.3) is 5.91 Å². The highest BCUT2D eigenvalue weighted by Gasteiger charge is 2.10. The molecule has 2 unspecified atom stereocenters. The van der Waals surface area contributed by atoms with E-state index in [0.29, 0.717) is 18.5 Å². The second-order valence-corrected chi connectivity index (χ2v) is 5.89. The summed E-state index contributed by atoms with van der Waals surface area (Å²) in [5, 5.41) is 2.71. The lowest BCUT2D eigenvalue weighted by Crippen LogP contribution is -2.27. The highest BCUT2D eigenvalue weighted by Crippen LogP contribution is 2.12. The van der Waals surface area contributed by atoms with Gasteiger partial charge in [-0.05, 0) is 24.6 Å². The molecule has 0 spiro atoms. The Bertz CT molecular complexity index is 465. The molecule has 3 N–H and O–H groups in total. The van der Waals surface area contributed by atoms with Crippen LogP contribution in [0.25, 0.3) is 0 Å². The summed E-state index contributed by atoms with van der Waals surface area (Å²) in [6.07, 6.45) is 2.26. The minimum atomic E-state index is -0.897. The van der Waals surface area contributed by atoms with Gasteiger partial charge in [0, 0.05) is 34.4 Å². The number of benzene rings is 1. The molecule has 1 aromatic rings. The molecule has 0 aliphatic heterocycles. The van der Waals surface area contributed by atoms with E-state index in [4.69, 9.17) is 5.73 Å². The Kier molecular flexibility index (Phi) is 5.27. The Balaban J connectivity index is 2.50. The number of hydrogen-bond donors (Lipinski definition) is 2. The Morgan fingerprint density at radius 2 is 2.22 bits per heavy atom. The number of halogens is 1.